The summed E-state index contributed by atoms with van der Waals surface area (Å²) in [5.74, 6) is 0. The minimum absolute atomic E-state index is 0.0250. The Balaban J connectivity index is 1.66. The van der Waals surface area contributed by atoms with Gasteiger partial charge in [-0.15, -0.1) is 0 Å². The van der Waals surface area contributed by atoms with Crippen molar-refractivity contribution < 1.29 is 4.92 Å². The Kier molecular flexibility index (Phi) is 4.15. The molecule has 2 heterocycles. The molecule has 0 amide bonds. The summed E-state index contributed by atoms with van der Waals surface area (Å²) in [5.41, 5.74) is 1.00. The molecule has 6 heteroatoms. The van der Waals surface area contributed by atoms with Gasteiger partial charge in [0.05, 0.1) is 4.92 Å². The first kappa shape index (κ1) is 14.8. The maximum Gasteiger partial charge on any atom is 0.287 e. The maximum absolute atomic E-state index is 10.8. The van der Waals surface area contributed by atoms with E-state index < -0.39 is 4.92 Å². The predicted molar refractivity (Wildman–Crippen MR) is 82.5 cm³/mol. The third-order valence-corrected chi connectivity index (χ3v) is 5.02. The van der Waals surface area contributed by atoms with E-state index in [1.807, 2.05) is 0 Å². The molecule has 0 spiro atoms. The minimum atomic E-state index is -0.444. The Morgan fingerprint density at radius 2 is 2.05 bits per heavy atom. The fourth-order valence-electron chi connectivity index (χ4n) is 3.60. The van der Waals surface area contributed by atoms with Gasteiger partial charge in [-0.1, -0.05) is 17.7 Å². The highest BCUT2D eigenvalue weighted by molar-refractivity contribution is 6.32. The number of halogens is 1. The van der Waals surface area contributed by atoms with Crippen LogP contribution in [0.4, 0.5) is 5.69 Å². The van der Waals surface area contributed by atoms with E-state index in [1.54, 1.807) is 12.1 Å². The van der Waals surface area contributed by atoms with Crippen molar-refractivity contribution in [3.8, 4) is 0 Å². The number of nitro benzene ring substituents is 1. The zero-order valence-corrected chi connectivity index (χ0v) is 12.8. The molecular formula is C15H20ClN3O2. The number of nitrogens with one attached hydrogen (secondary N) is 1. The molecule has 1 N–H and O–H groups in total. The van der Waals surface area contributed by atoms with Gasteiger partial charge in [0.1, 0.15) is 5.02 Å². The van der Waals surface area contributed by atoms with E-state index >= 15 is 0 Å². The minimum Gasteiger partial charge on any atom is -0.311 e. The Hall–Kier alpha value is -1.17. The van der Waals surface area contributed by atoms with Crippen LogP contribution in [0.2, 0.25) is 5.02 Å². The van der Waals surface area contributed by atoms with Crippen LogP contribution in [0, 0.1) is 10.1 Å². The van der Waals surface area contributed by atoms with Gasteiger partial charge in [-0.25, -0.2) is 0 Å². The van der Waals surface area contributed by atoms with E-state index in [9.17, 15) is 10.1 Å². The number of rotatable bonds is 4. The topological polar surface area (TPSA) is 58.4 Å². The van der Waals surface area contributed by atoms with Gasteiger partial charge in [-0.3, -0.25) is 15.0 Å². The summed E-state index contributed by atoms with van der Waals surface area (Å²) >= 11 is 5.98. The average Bonchev–Trinajstić information content (AvgIpc) is 2.77. The van der Waals surface area contributed by atoms with Crippen LogP contribution in [0.15, 0.2) is 18.2 Å². The average molecular weight is 310 g/mol. The molecule has 1 aromatic rings. The number of hydrogen-bond donors (Lipinski definition) is 1. The lowest BCUT2D eigenvalue weighted by Gasteiger charge is -2.35. The first-order valence-electron chi connectivity index (χ1n) is 7.42. The van der Waals surface area contributed by atoms with E-state index in [1.165, 1.54) is 31.7 Å². The van der Waals surface area contributed by atoms with Crippen molar-refractivity contribution in [2.24, 2.45) is 0 Å². The normalized spacial score (nSPS) is 28.0. The number of hydrogen-bond acceptors (Lipinski definition) is 4. The zero-order valence-electron chi connectivity index (χ0n) is 12.1. The molecule has 0 saturated carbocycles. The van der Waals surface area contributed by atoms with E-state index in [0.717, 1.165) is 12.1 Å². The lowest BCUT2D eigenvalue weighted by atomic mass is 9.98. The molecule has 0 radical (unpaired) electrons. The summed E-state index contributed by atoms with van der Waals surface area (Å²) in [7, 11) is 2.13. The van der Waals surface area contributed by atoms with Crippen LogP contribution in [0.1, 0.15) is 31.2 Å². The molecule has 2 aliphatic heterocycles. The van der Waals surface area contributed by atoms with E-state index in [-0.39, 0.29) is 10.7 Å². The van der Waals surface area contributed by atoms with Crippen molar-refractivity contribution in [3.05, 3.63) is 38.9 Å². The summed E-state index contributed by atoms with van der Waals surface area (Å²) in [6.07, 6.45) is 4.96. The summed E-state index contributed by atoms with van der Waals surface area (Å²) in [6, 6.07) is 6.92. The summed E-state index contributed by atoms with van der Waals surface area (Å²) in [4.78, 5) is 12.7. The molecule has 2 unspecified atom stereocenters. The number of fused-ring (bicyclic) bond motifs is 2. The Morgan fingerprint density at radius 3 is 2.62 bits per heavy atom. The molecule has 114 valence electrons. The highest BCUT2D eigenvalue weighted by Crippen LogP contribution is 2.30. The standard InChI is InChI=1S/C15H20ClN3O2/c1-18(13-7-11-3-4-12(8-13)17-11)9-10-2-5-15(19(20)21)14(16)6-10/h2,5-6,11-13,17H,3-4,7-9H2,1H3. The van der Waals surface area contributed by atoms with Crippen LogP contribution >= 0.6 is 11.6 Å². The lowest BCUT2D eigenvalue weighted by Crippen LogP contribution is -2.46. The third-order valence-electron chi connectivity index (χ3n) is 4.71. The van der Waals surface area contributed by atoms with Crippen molar-refractivity contribution in [2.75, 3.05) is 7.05 Å². The van der Waals surface area contributed by atoms with Crippen LogP contribution in [-0.2, 0) is 6.54 Å². The van der Waals surface area contributed by atoms with Crippen molar-refractivity contribution in [2.45, 2.75) is 50.4 Å². The molecule has 3 rings (SSSR count). The Bertz CT molecular complexity index is 540. The smallest absolute Gasteiger partial charge is 0.287 e. The van der Waals surface area contributed by atoms with Crippen LogP contribution in [0.3, 0.4) is 0 Å². The van der Waals surface area contributed by atoms with Crippen molar-refractivity contribution in [1.29, 1.82) is 0 Å². The highest BCUT2D eigenvalue weighted by atomic mass is 35.5. The summed E-state index contributed by atoms with van der Waals surface area (Å²) < 4.78 is 0. The SMILES string of the molecule is CN(Cc1ccc([N+](=O)[O-])c(Cl)c1)C1CC2CCC(C1)N2. The van der Waals surface area contributed by atoms with Crippen LogP contribution in [-0.4, -0.2) is 35.0 Å². The molecular weight excluding hydrogens is 290 g/mol. The fourth-order valence-corrected chi connectivity index (χ4v) is 3.87. The molecule has 2 fully saturated rings. The van der Waals surface area contributed by atoms with Gasteiger partial charge in [-0.2, -0.15) is 0 Å². The highest BCUT2D eigenvalue weighted by Gasteiger charge is 2.34. The monoisotopic (exact) mass is 309 g/mol. The number of nitro groups is 1. The third kappa shape index (κ3) is 3.20. The first-order chi connectivity index (χ1) is 10.0. The summed E-state index contributed by atoms with van der Waals surface area (Å²) in [5, 5.41) is 14.6. The van der Waals surface area contributed by atoms with Crippen LogP contribution < -0.4 is 5.32 Å². The molecule has 21 heavy (non-hydrogen) atoms. The largest absolute Gasteiger partial charge is 0.311 e. The molecule has 0 aliphatic carbocycles. The number of piperidine rings is 1. The number of benzene rings is 1. The van der Waals surface area contributed by atoms with Gasteiger partial charge in [0.2, 0.25) is 0 Å². The Morgan fingerprint density at radius 1 is 1.38 bits per heavy atom. The second-order valence-electron chi connectivity index (χ2n) is 6.22. The second kappa shape index (κ2) is 5.91. The summed E-state index contributed by atoms with van der Waals surface area (Å²) in [6.45, 7) is 0.780. The molecule has 2 saturated heterocycles. The first-order valence-corrected chi connectivity index (χ1v) is 7.80. The molecule has 0 aromatic heterocycles. The van der Waals surface area contributed by atoms with Gasteiger partial charge in [0, 0.05) is 30.7 Å². The predicted octanol–water partition coefficient (Wildman–Crippen LogP) is 2.96. The quantitative estimate of drug-likeness (QED) is 0.686. The van der Waals surface area contributed by atoms with E-state index in [0.29, 0.717) is 18.1 Å². The Labute approximate surface area is 129 Å². The second-order valence-corrected chi connectivity index (χ2v) is 6.63. The van der Waals surface area contributed by atoms with Crippen LogP contribution in [0.25, 0.3) is 0 Å². The molecule has 2 bridgehead atoms. The molecule has 5 nitrogen and oxygen atoms in total. The van der Waals surface area contributed by atoms with Gasteiger partial charge < -0.3 is 5.32 Å². The maximum atomic E-state index is 10.8. The van der Waals surface area contributed by atoms with Gasteiger partial charge in [-0.05, 0) is 44.4 Å². The van der Waals surface area contributed by atoms with E-state index in [4.69, 9.17) is 11.6 Å². The molecule has 1 aromatic carbocycles. The molecule has 2 atom stereocenters. The van der Waals surface area contributed by atoms with E-state index in [2.05, 4.69) is 17.3 Å². The number of nitrogens with zero attached hydrogens (tertiary/aromatic N) is 2. The lowest BCUT2D eigenvalue weighted by molar-refractivity contribution is -0.384. The fraction of sp³-hybridized carbons (Fsp3) is 0.600. The van der Waals surface area contributed by atoms with Crippen LogP contribution in [0.5, 0.6) is 0 Å². The van der Waals surface area contributed by atoms with Gasteiger partial charge in [0.15, 0.2) is 0 Å². The van der Waals surface area contributed by atoms with Crippen molar-refractivity contribution in [1.82, 2.24) is 10.2 Å². The van der Waals surface area contributed by atoms with Crippen molar-refractivity contribution >= 4 is 17.3 Å². The zero-order chi connectivity index (χ0) is 15.0. The van der Waals surface area contributed by atoms with Crippen molar-refractivity contribution in [3.63, 3.8) is 0 Å². The molecule has 2 aliphatic rings. The van der Waals surface area contributed by atoms with Gasteiger partial charge >= 0.3 is 0 Å². The van der Waals surface area contributed by atoms with Gasteiger partial charge in [0.25, 0.3) is 5.69 Å².